The Morgan fingerprint density at radius 3 is 3.03 bits per heavy atom. The smallest absolute Gasteiger partial charge is 0.177 e. The maximum absolute atomic E-state index is 6.28. The lowest BCUT2D eigenvalue weighted by molar-refractivity contribution is 0.750. The normalized spacial score (nSPS) is 16.4. The van der Waals surface area contributed by atoms with Gasteiger partial charge < -0.3 is 20.9 Å². The molecule has 1 fully saturated rings. The molecular formula is C22H21ClN8S. The fraction of sp³-hybridized carbons (Fsp3) is 0.227. The number of hydrogen-bond donors (Lipinski definition) is 3. The summed E-state index contributed by atoms with van der Waals surface area (Å²) in [5.41, 5.74) is 11.6. The Labute approximate surface area is 193 Å². The molecule has 1 aliphatic rings. The number of nitrogens with two attached hydrogens (primary N) is 1. The number of imidazole rings is 2. The van der Waals surface area contributed by atoms with Crippen LogP contribution >= 0.6 is 22.9 Å². The third-order valence-corrected chi connectivity index (χ3v) is 6.77. The molecule has 6 rings (SSSR count). The van der Waals surface area contributed by atoms with Gasteiger partial charge in [-0.1, -0.05) is 17.7 Å². The summed E-state index contributed by atoms with van der Waals surface area (Å²) in [7, 11) is 0. The molecule has 0 saturated carbocycles. The molecule has 0 bridgehead atoms. The molecule has 8 nitrogen and oxygen atoms in total. The van der Waals surface area contributed by atoms with Crippen molar-refractivity contribution in [3.63, 3.8) is 0 Å². The second kappa shape index (κ2) is 7.77. The third kappa shape index (κ3) is 3.38. The lowest BCUT2D eigenvalue weighted by Crippen LogP contribution is -2.27. The number of rotatable bonds is 5. The summed E-state index contributed by atoms with van der Waals surface area (Å²) in [5, 5.41) is 13.2. The van der Waals surface area contributed by atoms with E-state index >= 15 is 0 Å². The highest BCUT2D eigenvalue weighted by Gasteiger charge is 2.23. The van der Waals surface area contributed by atoms with Crippen LogP contribution in [0.1, 0.15) is 12.2 Å². The molecule has 5 aromatic rings. The maximum atomic E-state index is 6.28. The summed E-state index contributed by atoms with van der Waals surface area (Å²) < 4.78 is 1.92. The fourth-order valence-corrected chi connectivity index (χ4v) is 5.02. The van der Waals surface area contributed by atoms with Crippen molar-refractivity contribution in [2.75, 3.05) is 23.3 Å². The van der Waals surface area contributed by atoms with Gasteiger partial charge in [-0.3, -0.25) is 0 Å². The largest absolute Gasteiger partial charge is 0.375 e. The summed E-state index contributed by atoms with van der Waals surface area (Å²) >= 11 is 7.94. The molecule has 0 spiro atoms. The summed E-state index contributed by atoms with van der Waals surface area (Å²) in [6.07, 6.45) is 2.83. The van der Waals surface area contributed by atoms with Crippen molar-refractivity contribution in [2.24, 2.45) is 5.73 Å². The first-order chi connectivity index (χ1) is 15.7. The highest BCUT2D eigenvalue weighted by molar-refractivity contribution is 7.08. The number of aromatic nitrogens is 5. The van der Waals surface area contributed by atoms with Crippen LogP contribution in [0.15, 0.2) is 47.3 Å². The second-order valence-corrected chi connectivity index (χ2v) is 9.16. The number of nitrogens with zero attached hydrogens (tertiary/aromatic N) is 5. The molecule has 162 valence electrons. The van der Waals surface area contributed by atoms with Gasteiger partial charge in [0.2, 0.25) is 0 Å². The van der Waals surface area contributed by atoms with Crippen LogP contribution in [-0.2, 0) is 6.54 Å². The van der Waals surface area contributed by atoms with E-state index in [4.69, 9.17) is 22.4 Å². The SMILES string of the molecule is NC1CCN(c2cc(NCc3nc4c(Cl)cccc4[nH]3)c3ncc(-c4ccsc4)n3n2)C1. The van der Waals surface area contributed by atoms with Crippen molar-refractivity contribution < 1.29 is 0 Å². The Morgan fingerprint density at radius 2 is 2.25 bits per heavy atom. The molecule has 0 aliphatic carbocycles. The maximum Gasteiger partial charge on any atom is 0.177 e. The Kier molecular flexibility index (Phi) is 4.74. The van der Waals surface area contributed by atoms with Gasteiger partial charge in [-0.2, -0.15) is 11.3 Å². The molecular weight excluding hydrogens is 444 g/mol. The van der Waals surface area contributed by atoms with Crippen molar-refractivity contribution in [2.45, 2.75) is 19.0 Å². The second-order valence-electron chi connectivity index (χ2n) is 7.97. The van der Waals surface area contributed by atoms with Gasteiger partial charge in [-0.15, -0.1) is 5.10 Å². The zero-order valence-corrected chi connectivity index (χ0v) is 18.7. The lowest BCUT2D eigenvalue weighted by Gasteiger charge is -2.19. The Hall–Kier alpha value is -3.14. The number of hydrogen-bond acceptors (Lipinski definition) is 7. The van der Waals surface area contributed by atoms with Crippen molar-refractivity contribution >= 4 is 51.1 Å². The van der Waals surface area contributed by atoms with Gasteiger partial charge in [0, 0.05) is 36.1 Å². The average molecular weight is 465 g/mol. The number of nitrogens with one attached hydrogen (secondary N) is 2. The minimum atomic E-state index is 0.170. The number of halogens is 1. The van der Waals surface area contributed by atoms with Crippen LogP contribution in [0.25, 0.3) is 27.9 Å². The van der Waals surface area contributed by atoms with Crippen LogP contribution in [-0.4, -0.2) is 43.7 Å². The van der Waals surface area contributed by atoms with E-state index in [-0.39, 0.29) is 6.04 Å². The molecule has 1 saturated heterocycles. The minimum Gasteiger partial charge on any atom is -0.375 e. The number of H-pyrrole nitrogens is 1. The number of thiophene rings is 1. The Balaban J connectivity index is 1.39. The summed E-state index contributed by atoms with van der Waals surface area (Å²) in [4.78, 5) is 14.9. The lowest BCUT2D eigenvalue weighted by atomic mass is 10.3. The van der Waals surface area contributed by atoms with E-state index in [1.807, 2.05) is 35.0 Å². The van der Waals surface area contributed by atoms with E-state index < -0.39 is 0 Å². The molecule has 0 radical (unpaired) electrons. The van der Waals surface area contributed by atoms with E-state index in [1.54, 1.807) is 11.3 Å². The quantitative estimate of drug-likeness (QED) is 0.361. The number of para-hydroxylation sites is 1. The highest BCUT2D eigenvalue weighted by atomic mass is 35.5. The molecule has 4 N–H and O–H groups in total. The van der Waals surface area contributed by atoms with Crippen molar-refractivity contribution in [1.82, 2.24) is 24.6 Å². The van der Waals surface area contributed by atoms with Crippen molar-refractivity contribution in [3.05, 3.63) is 58.1 Å². The van der Waals surface area contributed by atoms with Gasteiger partial charge in [0.25, 0.3) is 0 Å². The first-order valence-corrected chi connectivity index (χ1v) is 11.8. The first-order valence-electron chi connectivity index (χ1n) is 10.4. The first kappa shape index (κ1) is 19.5. The zero-order valence-electron chi connectivity index (χ0n) is 17.1. The van der Waals surface area contributed by atoms with Crippen LogP contribution in [0.3, 0.4) is 0 Å². The molecule has 1 aromatic carbocycles. The predicted molar refractivity (Wildman–Crippen MR) is 130 cm³/mol. The van der Waals surface area contributed by atoms with Gasteiger partial charge in [0.15, 0.2) is 11.5 Å². The minimum absolute atomic E-state index is 0.170. The van der Waals surface area contributed by atoms with E-state index in [1.165, 1.54) is 0 Å². The highest BCUT2D eigenvalue weighted by Crippen LogP contribution is 2.30. The molecule has 0 amide bonds. The Morgan fingerprint density at radius 1 is 1.31 bits per heavy atom. The Bertz CT molecular complexity index is 1410. The zero-order chi connectivity index (χ0) is 21.7. The standard InChI is InChI=1S/C22H21ClN8S/c23-15-2-1-3-16-21(15)28-19(27-16)10-25-17-8-20(30-6-4-14(24)11-30)29-31-18(9-26-22(17)31)13-5-7-32-12-13/h1-3,5,7-9,12,14,25H,4,6,10-11,24H2,(H,27,28). The number of fused-ring (bicyclic) bond motifs is 2. The molecule has 5 heterocycles. The van der Waals surface area contributed by atoms with Crippen LogP contribution in [0.4, 0.5) is 11.5 Å². The van der Waals surface area contributed by atoms with Gasteiger partial charge in [-0.25, -0.2) is 14.5 Å². The summed E-state index contributed by atoms with van der Waals surface area (Å²) in [5.74, 6) is 1.69. The molecule has 1 unspecified atom stereocenters. The molecule has 1 aliphatic heterocycles. The fourth-order valence-electron chi connectivity index (χ4n) is 4.15. The van der Waals surface area contributed by atoms with Gasteiger partial charge in [0.1, 0.15) is 11.3 Å². The van der Waals surface area contributed by atoms with Gasteiger partial charge in [-0.05, 0) is 30.0 Å². The third-order valence-electron chi connectivity index (χ3n) is 5.78. The average Bonchev–Trinajstić information content (AvgIpc) is 3.57. The van der Waals surface area contributed by atoms with E-state index in [0.29, 0.717) is 11.6 Å². The summed E-state index contributed by atoms with van der Waals surface area (Å²) in [6, 6.07) is 10.0. The van der Waals surface area contributed by atoms with Crippen molar-refractivity contribution in [3.8, 4) is 11.3 Å². The van der Waals surface area contributed by atoms with Crippen LogP contribution in [0.2, 0.25) is 5.02 Å². The van der Waals surface area contributed by atoms with E-state index in [0.717, 1.165) is 64.8 Å². The van der Waals surface area contributed by atoms with Crippen LogP contribution in [0.5, 0.6) is 0 Å². The molecule has 10 heteroatoms. The topological polar surface area (TPSA) is 100 Å². The van der Waals surface area contributed by atoms with Crippen molar-refractivity contribution in [1.29, 1.82) is 0 Å². The number of aromatic amines is 1. The predicted octanol–water partition coefficient (Wildman–Crippen LogP) is 4.14. The van der Waals surface area contributed by atoms with E-state index in [9.17, 15) is 0 Å². The number of anilines is 2. The number of benzene rings is 1. The van der Waals surface area contributed by atoms with Gasteiger partial charge in [0.05, 0.1) is 34.7 Å². The van der Waals surface area contributed by atoms with Gasteiger partial charge >= 0.3 is 0 Å². The van der Waals surface area contributed by atoms with E-state index in [2.05, 4.69) is 42.0 Å². The monoisotopic (exact) mass is 464 g/mol. The van der Waals surface area contributed by atoms with Crippen LogP contribution < -0.4 is 16.0 Å². The van der Waals surface area contributed by atoms with Crippen LogP contribution in [0, 0.1) is 0 Å². The molecule has 32 heavy (non-hydrogen) atoms. The molecule has 1 atom stereocenters. The summed E-state index contributed by atoms with van der Waals surface area (Å²) in [6.45, 7) is 2.19. The molecule has 4 aromatic heterocycles.